The van der Waals surface area contributed by atoms with E-state index in [0.717, 1.165) is 25.1 Å². The number of amides is 1. The molecule has 100 valence electrons. The third-order valence-electron chi connectivity index (χ3n) is 3.05. The molecule has 1 atom stereocenters. The van der Waals surface area contributed by atoms with Gasteiger partial charge in [-0.15, -0.1) is 0 Å². The minimum Gasteiger partial charge on any atom is -0.384 e. The van der Waals surface area contributed by atoms with Gasteiger partial charge in [-0.05, 0) is 32.4 Å². The van der Waals surface area contributed by atoms with E-state index in [-0.39, 0.29) is 11.9 Å². The highest BCUT2D eigenvalue weighted by Gasteiger charge is 2.17. The van der Waals surface area contributed by atoms with Gasteiger partial charge in [-0.2, -0.15) is 0 Å². The predicted octanol–water partition coefficient (Wildman–Crippen LogP) is 2.77. The molecule has 1 amide bonds. The number of aromatic nitrogens is 1. The molecule has 0 radical (unpaired) electrons. The molecular weight excluding hydrogens is 226 g/mol. The SMILES string of the molecule is CCCC(C)N(C)C(=O)c1ccc(NCC)cn1. The second-order valence-electron chi connectivity index (χ2n) is 4.52. The predicted molar refractivity (Wildman–Crippen MR) is 74.9 cm³/mol. The second-order valence-corrected chi connectivity index (χ2v) is 4.52. The lowest BCUT2D eigenvalue weighted by atomic mass is 10.1. The largest absolute Gasteiger partial charge is 0.384 e. The van der Waals surface area contributed by atoms with Crippen LogP contribution in [-0.2, 0) is 0 Å². The Kier molecular flexibility index (Phi) is 5.62. The van der Waals surface area contributed by atoms with Crippen LogP contribution in [0.3, 0.4) is 0 Å². The Labute approximate surface area is 109 Å². The fraction of sp³-hybridized carbons (Fsp3) is 0.571. The van der Waals surface area contributed by atoms with E-state index in [1.54, 1.807) is 17.2 Å². The van der Waals surface area contributed by atoms with Crippen LogP contribution in [0, 0.1) is 0 Å². The zero-order valence-corrected chi connectivity index (χ0v) is 11.7. The summed E-state index contributed by atoms with van der Waals surface area (Å²) in [6, 6.07) is 3.91. The van der Waals surface area contributed by atoms with E-state index in [9.17, 15) is 4.79 Å². The van der Waals surface area contributed by atoms with Crippen LogP contribution in [0.25, 0.3) is 0 Å². The van der Waals surface area contributed by atoms with Crippen LogP contribution < -0.4 is 5.32 Å². The standard InChI is InChI=1S/C14H23N3O/c1-5-7-11(3)17(4)14(18)13-9-8-12(10-16-13)15-6-2/h8-11,15H,5-7H2,1-4H3. The number of anilines is 1. The molecule has 0 saturated heterocycles. The van der Waals surface area contributed by atoms with Crippen LogP contribution in [0.2, 0.25) is 0 Å². The van der Waals surface area contributed by atoms with Gasteiger partial charge in [0.05, 0.1) is 11.9 Å². The number of nitrogens with one attached hydrogen (secondary N) is 1. The molecule has 1 heterocycles. The minimum absolute atomic E-state index is 0.0148. The van der Waals surface area contributed by atoms with Crippen molar-refractivity contribution in [3.05, 3.63) is 24.0 Å². The fourth-order valence-electron chi connectivity index (χ4n) is 1.82. The van der Waals surface area contributed by atoms with Crippen molar-refractivity contribution in [2.24, 2.45) is 0 Å². The third kappa shape index (κ3) is 3.72. The van der Waals surface area contributed by atoms with Gasteiger partial charge in [0, 0.05) is 19.6 Å². The van der Waals surface area contributed by atoms with Gasteiger partial charge in [0.1, 0.15) is 5.69 Å². The Balaban J connectivity index is 2.71. The summed E-state index contributed by atoms with van der Waals surface area (Å²) in [6.07, 6.45) is 3.79. The number of hydrogen-bond acceptors (Lipinski definition) is 3. The van der Waals surface area contributed by atoms with Gasteiger partial charge in [-0.25, -0.2) is 4.98 Å². The maximum Gasteiger partial charge on any atom is 0.272 e. The summed E-state index contributed by atoms with van der Waals surface area (Å²) in [5.41, 5.74) is 1.44. The third-order valence-corrected chi connectivity index (χ3v) is 3.05. The molecule has 0 spiro atoms. The van der Waals surface area contributed by atoms with E-state index in [2.05, 4.69) is 24.1 Å². The Morgan fingerprint density at radius 1 is 1.44 bits per heavy atom. The maximum atomic E-state index is 12.2. The first-order chi connectivity index (χ1) is 8.60. The minimum atomic E-state index is -0.0148. The van der Waals surface area contributed by atoms with E-state index in [1.165, 1.54) is 0 Å². The highest BCUT2D eigenvalue weighted by molar-refractivity contribution is 5.92. The van der Waals surface area contributed by atoms with E-state index in [0.29, 0.717) is 5.69 Å². The molecule has 0 aliphatic heterocycles. The van der Waals surface area contributed by atoms with Crippen molar-refractivity contribution in [1.82, 2.24) is 9.88 Å². The summed E-state index contributed by atoms with van der Waals surface area (Å²) in [6.45, 7) is 7.06. The van der Waals surface area contributed by atoms with Gasteiger partial charge in [0.2, 0.25) is 0 Å². The first-order valence-corrected chi connectivity index (χ1v) is 6.57. The van der Waals surface area contributed by atoms with Crippen molar-refractivity contribution in [1.29, 1.82) is 0 Å². The van der Waals surface area contributed by atoms with Crippen molar-refractivity contribution in [3.63, 3.8) is 0 Å². The first-order valence-electron chi connectivity index (χ1n) is 6.57. The Bertz CT molecular complexity index is 375. The number of carbonyl (C=O) groups is 1. The molecule has 0 bridgehead atoms. The highest BCUT2D eigenvalue weighted by Crippen LogP contribution is 2.11. The number of rotatable bonds is 6. The van der Waals surface area contributed by atoms with E-state index in [1.807, 2.05) is 20.0 Å². The van der Waals surface area contributed by atoms with Crippen LogP contribution in [0.15, 0.2) is 18.3 Å². The zero-order chi connectivity index (χ0) is 13.5. The molecule has 1 aromatic heterocycles. The smallest absolute Gasteiger partial charge is 0.272 e. The van der Waals surface area contributed by atoms with E-state index < -0.39 is 0 Å². The maximum absolute atomic E-state index is 12.2. The van der Waals surface area contributed by atoms with Crippen LogP contribution in [0.1, 0.15) is 44.1 Å². The van der Waals surface area contributed by atoms with Gasteiger partial charge < -0.3 is 10.2 Å². The molecule has 0 aromatic carbocycles. The van der Waals surface area contributed by atoms with Gasteiger partial charge in [-0.3, -0.25) is 4.79 Å². The summed E-state index contributed by atoms with van der Waals surface area (Å²) in [5, 5.41) is 3.16. The van der Waals surface area contributed by atoms with Gasteiger partial charge in [0.15, 0.2) is 0 Å². The summed E-state index contributed by atoms with van der Waals surface area (Å²) >= 11 is 0. The molecule has 0 aliphatic rings. The van der Waals surface area contributed by atoms with E-state index >= 15 is 0 Å². The van der Waals surface area contributed by atoms with Crippen LogP contribution >= 0.6 is 0 Å². The molecule has 1 unspecified atom stereocenters. The molecule has 0 saturated carbocycles. The number of carbonyl (C=O) groups excluding carboxylic acids is 1. The highest BCUT2D eigenvalue weighted by atomic mass is 16.2. The second kappa shape index (κ2) is 6.99. The monoisotopic (exact) mass is 249 g/mol. The Hall–Kier alpha value is -1.58. The lowest BCUT2D eigenvalue weighted by Gasteiger charge is -2.24. The molecule has 4 nitrogen and oxygen atoms in total. The fourth-order valence-corrected chi connectivity index (χ4v) is 1.82. The molecule has 4 heteroatoms. The number of nitrogens with zero attached hydrogens (tertiary/aromatic N) is 2. The molecule has 0 aliphatic carbocycles. The summed E-state index contributed by atoms with van der Waals surface area (Å²) < 4.78 is 0. The average Bonchev–Trinajstić information content (AvgIpc) is 2.38. The topological polar surface area (TPSA) is 45.2 Å². The average molecular weight is 249 g/mol. The van der Waals surface area contributed by atoms with Crippen molar-refractivity contribution in [2.75, 3.05) is 18.9 Å². The zero-order valence-electron chi connectivity index (χ0n) is 11.7. The normalized spacial score (nSPS) is 12.0. The van der Waals surface area contributed by atoms with Crippen molar-refractivity contribution in [2.45, 2.75) is 39.7 Å². The van der Waals surface area contributed by atoms with E-state index in [4.69, 9.17) is 0 Å². The molecular formula is C14H23N3O. The summed E-state index contributed by atoms with van der Waals surface area (Å²) in [5.74, 6) is -0.0148. The van der Waals surface area contributed by atoms with Crippen molar-refractivity contribution >= 4 is 11.6 Å². The van der Waals surface area contributed by atoms with Crippen molar-refractivity contribution in [3.8, 4) is 0 Å². The molecule has 0 fully saturated rings. The number of pyridine rings is 1. The van der Waals surface area contributed by atoms with Crippen LogP contribution in [0.5, 0.6) is 0 Å². The van der Waals surface area contributed by atoms with Gasteiger partial charge in [-0.1, -0.05) is 13.3 Å². The van der Waals surface area contributed by atoms with Gasteiger partial charge >= 0.3 is 0 Å². The summed E-state index contributed by atoms with van der Waals surface area (Å²) in [4.78, 5) is 18.1. The lowest BCUT2D eigenvalue weighted by molar-refractivity contribution is 0.0731. The summed E-state index contributed by atoms with van der Waals surface area (Å²) in [7, 11) is 1.84. The quantitative estimate of drug-likeness (QED) is 0.843. The molecule has 1 N–H and O–H groups in total. The Morgan fingerprint density at radius 2 is 2.17 bits per heavy atom. The van der Waals surface area contributed by atoms with Crippen LogP contribution in [0.4, 0.5) is 5.69 Å². The molecule has 1 aromatic rings. The first kappa shape index (κ1) is 14.5. The lowest BCUT2D eigenvalue weighted by Crippen LogP contribution is -2.35. The Morgan fingerprint density at radius 3 is 2.67 bits per heavy atom. The number of hydrogen-bond donors (Lipinski definition) is 1. The molecule has 1 rings (SSSR count). The van der Waals surface area contributed by atoms with Gasteiger partial charge in [0.25, 0.3) is 5.91 Å². The van der Waals surface area contributed by atoms with Crippen LogP contribution in [-0.4, -0.2) is 35.4 Å². The molecule has 18 heavy (non-hydrogen) atoms. The van der Waals surface area contributed by atoms with Crippen molar-refractivity contribution < 1.29 is 4.79 Å².